The van der Waals surface area contributed by atoms with Gasteiger partial charge in [-0.1, -0.05) is 13.3 Å². The Balaban J connectivity index is 2.99. The number of esters is 1. The van der Waals surface area contributed by atoms with Gasteiger partial charge in [0.25, 0.3) is 0 Å². The summed E-state index contributed by atoms with van der Waals surface area (Å²) in [5.41, 5.74) is -0.981. The molecule has 100 valence electrons. The first-order valence-corrected chi connectivity index (χ1v) is 6.40. The van der Waals surface area contributed by atoms with Crippen molar-refractivity contribution in [3.63, 3.8) is 0 Å². The quantitative estimate of drug-likeness (QED) is 0.847. The zero-order chi connectivity index (χ0) is 13.8. The van der Waals surface area contributed by atoms with Crippen molar-refractivity contribution < 1.29 is 13.9 Å². The van der Waals surface area contributed by atoms with Crippen molar-refractivity contribution in [1.82, 2.24) is 4.98 Å². The topological polar surface area (TPSA) is 51.2 Å². The molecule has 0 aliphatic rings. The lowest BCUT2D eigenvalue weighted by Gasteiger charge is -2.28. The second-order valence-corrected chi connectivity index (χ2v) is 5.10. The van der Waals surface area contributed by atoms with E-state index in [1.807, 2.05) is 6.92 Å². The molecule has 4 nitrogen and oxygen atoms in total. The summed E-state index contributed by atoms with van der Waals surface area (Å²) in [4.78, 5) is 15.7. The van der Waals surface area contributed by atoms with Crippen LogP contribution in [0.1, 0.15) is 26.7 Å². The van der Waals surface area contributed by atoms with E-state index in [4.69, 9.17) is 4.74 Å². The van der Waals surface area contributed by atoms with Gasteiger partial charge in [0.2, 0.25) is 0 Å². The largest absolute Gasteiger partial charge is 0.467 e. The first-order valence-electron chi connectivity index (χ1n) is 5.60. The molecule has 1 rings (SSSR count). The molecule has 0 aliphatic carbocycles. The lowest BCUT2D eigenvalue weighted by molar-refractivity contribution is -0.145. The predicted molar refractivity (Wildman–Crippen MR) is 70.8 cm³/mol. The van der Waals surface area contributed by atoms with Crippen LogP contribution >= 0.6 is 15.9 Å². The standard InChI is InChI=1S/C12H16BrFN2O2/c1-4-5-12(2,11(17)18-3)16-10-9(14)6-8(13)7-15-10/h6-7H,4-5H2,1-3H3,(H,15,16). The maximum Gasteiger partial charge on any atom is 0.331 e. The molecule has 0 saturated carbocycles. The molecule has 0 saturated heterocycles. The van der Waals surface area contributed by atoms with E-state index in [9.17, 15) is 9.18 Å². The van der Waals surface area contributed by atoms with Crippen LogP contribution in [0.25, 0.3) is 0 Å². The summed E-state index contributed by atoms with van der Waals surface area (Å²) in [6, 6.07) is 1.29. The third-order valence-corrected chi connectivity index (χ3v) is 3.02. The summed E-state index contributed by atoms with van der Waals surface area (Å²) in [6.45, 7) is 3.61. The zero-order valence-electron chi connectivity index (χ0n) is 10.6. The highest BCUT2D eigenvalue weighted by Crippen LogP contribution is 2.23. The van der Waals surface area contributed by atoms with Crippen LogP contribution in [0.3, 0.4) is 0 Å². The minimum absolute atomic E-state index is 0.0413. The molecular formula is C12H16BrFN2O2. The Bertz CT molecular complexity index is 442. The number of carbonyl (C=O) groups is 1. The van der Waals surface area contributed by atoms with E-state index >= 15 is 0 Å². The van der Waals surface area contributed by atoms with Crippen molar-refractivity contribution in [2.75, 3.05) is 12.4 Å². The molecule has 0 bridgehead atoms. The molecule has 1 aromatic rings. The highest BCUT2D eigenvalue weighted by Gasteiger charge is 2.34. The van der Waals surface area contributed by atoms with Gasteiger partial charge >= 0.3 is 5.97 Å². The summed E-state index contributed by atoms with van der Waals surface area (Å²) in [7, 11) is 1.31. The molecule has 0 spiro atoms. The van der Waals surface area contributed by atoms with Gasteiger partial charge in [-0.05, 0) is 35.3 Å². The normalized spacial score (nSPS) is 13.8. The van der Waals surface area contributed by atoms with Crippen LogP contribution in [0.5, 0.6) is 0 Å². The number of pyridine rings is 1. The average Bonchev–Trinajstić information content (AvgIpc) is 2.32. The molecule has 1 heterocycles. The molecule has 0 fully saturated rings. The fourth-order valence-electron chi connectivity index (χ4n) is 1.71. The van der Waals surface area contributed by atoms with Gasteiger partial charge in [-0.25, -0.2) is 14.2 Å². The van der Waals surface area contributed by atoms with Crippen LogP contribution in [0.2, 0.25) is 0 Å². The molecule has 18 heavy (non-hydrogen) atoms. The zero-order valence-corrected chi connectivity index (χ0v) is 12.2. The Morgan fingerprint density at radius 2 is 2.33 bits per heavy atom. The first-order chi connectivity index (χ1) is 8.42. The molecule has 1 unspecified atom stereocenters. The fourth-order valence-corrected chi connectivity index (χ4v) is 2.01. The fraction of sp³-hybridized carbons (Fsp3) is 0.500. The van der Waals surface area contributed by atoms with Gasteiger partial charge in [-0.2, -0.15) is 0 Å². The molecule has 0 aliphatic heterocycles. The predicted octanol–water partition coefficient (Wildman–Crippen LogP) is 3.13. The highest BCUT2D eigenvalue weighted by atomic mass is 79.9. The third-order valence-electron chi connectivity index (χ3n) is 2.59. The number of hydrogen-bond donors (Lipinski definition) is 1. The van der Waals surface area contributed by atoms with Crippen LogP contribution in [0.4, 0.5) is 10.2 Å². The molecule has 0 aromatic carbocycles. The Morgan fingerprint density at radius 1 is 1.67 bits per heavy atom. The number of hydrogen-bond acceptors (Lipinski definition) is 4. The van der Waals surface area contributed by atoms with Crippen molar-refractivity contribution in [2.45, 2.75) is 32.2 Å². The lowest BCUT2D eigenvalue weighted by Crippen LogP contribution is -2.44. The van der Waals surface area contributed by atoms with Gasteiger partial charge in [-0.15, -0.1) is 0 Å². The monoisotopic (exact) mass is 318 g/mol. The first kappa shape index (κ1) is 14.9. The Labute approximate surface area is 114 Å². The maximum atomic E-state index is 13.7. The number of rotatable bonds is 5. The van der Waals surface area contributed by atoms with Gasteiger partial charge in [0.15, 0.2) is 11.6 Å². The van der Waals surface area contributed by atoms with Crippen LogP contribution in [-0.4, -0.2) is 23.6 Å². The van der Waals surface area contributed by atoms with E-state index in [-0.39, 0.29) is 5.82 Å². The van der Waals surface area contributed by atoms with Gasteiger partial charge in [0.05, 0.1) is 7.11 Å². The smallest absolute Gasteiger partial charge is 0.331 e. The number of ether oxygens (including phenoxy) is 1. The minimum Gasteiger partial charge on any atom is -0.467 e. The van der Waals surface area contributed by atoms with Gasteiger partial charge in [0, 0.05) is 10.7 Å². The molecule has 6 heteroatoms. The molecular weight excluding hydrogens is 303 g/mol. The number of halogens is 2. The van der Waals surface area contributed by atoms with Crippen LogP contribution in [0, 0.1) is 5.82 Å². The molecule has 0 radical (unpaired) electrons. The summed E-state index contributed by atoms with van der Waals surface area (Å²) in [6.07, 6.45) is 2.75. The second kappa shape index (κ2) is 6.13. The van der Waals surface area contributed by atoms with E-state index in [2.05, 4.69) is 26.2 Å². The molecule has 0 amide bonds. The van der Waals surface area contributed by atoms with Crippen molar-refractivity contribution in [1.29, 1.82) is 0 Å². The summed E-state index contributed by atoms with van der Waals surface area (Å²) in [5.74, 6) is -0.913. The van der Waals surface area contributed by atoms with Crippen LogP contribution < -0.4 is 5.32 Å². The van der Waals surface area contributed by atoms with Crippen molar-refractivity contribution in [3.05, 3.63) is 22.6 Å². The van der Waals surface area contributed by atoms with Gasteiger partial charge in [0.1, 0.15) is 5.54 Å². The molecule has 1 N–H and O–H groups in total. The SMILES string of the molecule is CCCC(C)(Nc1ncc(Br)cc1F)C(=O)OC. The van der Waals surface area contributed by atoms with E-state index in [1.165, 1.54) is 19.4 Å². The number of nitrogens with one attached hydrogen (secondary N) is 1. The molecule has 1 atom stereocenters. The number of anilines is 1. The van der Waals surface area contributed by atoms with E-state index in [1.54, 1.807) is 6.92 Å². The Morgan fingerprint density at radius 3 is 2.83 bits per heavy atom. The summed E-state index contributed by atoms with van der Waals surface area (Å²) < 4.78 is 19.0. The Kier molecular flexibility index (Phi) is 5.07. The van der Waals surface area contributed by atoms with Gasteiger partial charge < -0.3 is 10.1 Å². The van der Waals surface area contributed by atoms with E-state index in [0.29, 0.717) is 10.9 Å². The minimum atomic E-state index is -0.981. The van der Waals surface area contributed by atoms with E-state index < -0.39 is 17.3 Å². The average molecular weight is 319 g/mol. The van der Waals surface area contributed by atoms with Crippen molar-refractivity contribution in [2.24, 2.45) is 0 Å². The summed E-state index contributed by atoms with van der Waals surface area (Å²) in [5, 5.41) is 2.82. The third kappa shape index (κ3) is 3.41. The summed E-state index contributed by atoms with van der Waals surface area (Å²) >= 11 is 3.13. The van der Waals surface area contributed by atoms with Gasteiger partial charge in [-0.3, -0.25) is 0 Å². The van der Waals surface area contributed by atoms with Crippen LogP contribution in [-0.2, 0) is 9.53 Å². The molecule has 1 aromatic heterocycles. The number of aromatic nitrogens is 1. The van der Waals surface area contributed by atoms with E-state index in [0.717, 1.165) is 6.42 Å². The van der Waals surface area contributed by atoms with Crippen molar-refractivity contribution in [3.8, 4) is 0 Å². The van der Waals surface area contributed by atoms with Crippen LogP contribution in [0.15, 0.2) is 16.7 Å². The lowest BCUT2D eigenvalue weighted by atomic mass is 9.96. The second-order valence-electron chi connectivity index (χ2n) is 4.18. The van der Waals surface area contributed by atoms with Crippen molar-refractivity contribution >= 4 is 27.7 Å². The number of carbonyl (C=O) groups excluding carboxylic acids is 1. The number of methoxy groups -OCH3 is 1. The maximum absolute atomic E-state index is 13.7. The number of nitrogens with zero attached hydrogens (tertiary/aromatic N) is 1. The highest BCUT2D eigenvalue weighted by molar-refractivity contribution is 9.10. The Hall–Kier alpha value is -1.17.